The summed E-state index contributed by atoms with van der Waals surface area (Å²) in [5.41, 5.74) is 3.17. The number of benzene rings is 1. The molecule has 0 spiro atoms. The number of amides is 1. The molecule has 1 atom stereocenters. The van der Waals surface area contributed by atoms with E-state index in [-0.39, 0.29) is 30.0 Å². The molecular formula is C19H30N2O3S. The first-order valence-electron chi connectivity index (χ1n) is 8.94. The van der Waals surface area contributed by atoms with Gasteiger partial charge in [0.15, 0.2) is 9.84 Å². The van der Waals surface area contributed by atoms with Gasteiger partial charge in [0.05, 0.1) is 18.1 Å². The minimum absolute atomic E-state index is 0.0688. The number of anilines is 1. The number of likely N-dealkylation sites (N-methyl/N-ethyl adjacent to an activating group) is 1. The fourth-order valence-corrected chi connectivity index (χ4v) is 5.16. The van der Waals surface area contributed by atoms with Crippen LogP contribution in [0.3, 0.4) is 0 Å². The number of sulfone groups is 1. The van der Waals surface area contributed by atoms with Crippen molar-refractivity contribution in [3.05, 3.63) is 29.3 Å². The maximum absolute atomic E-state index is 12.6. The largest absolute Gasteiger partial charge is 0.324 e. The summed E-state index contributed by atoms with van der Waals surface area (Å²) < 4.78 is 23.3. The molecule has 1 aliphatic rings. The molecule has 0 radical (unpaired) electrons. The van der Waals surface area contributed by atoms with E-state index in [4.69, 9.17) is 0 Å². The highest BCUT2D eigenvalue weighted by molar-refractivity contribution is 7.91. The molecule has 6 heteroatoms. The lowest BCUT2D eigenvalue weighted by Gasteiger charge is -2.24. The van der Waals surface area contributed by atoms with E-state index in [1.54, 1.807) is 0 Å². The van der Waals surface area contributed by atoms with Crippen LogP contribution >= 0.6 is 0 Å². The van der Waals surface area contributed by atoms with Gasteiger partial charge in [-0.25, -0.2) is 8.42 Å². The van der Waals surface area contributed by atoms with E-state index in [0.717, 1.165) is 16.8 Å². The monoisotopic (exact) mass is 366 g/mol. The Hall–Kier alpha value is -1.40. The lowest BCUT2D eigenvalue weighted by atomic mass is 9.92. The Morgan fingerprint density at radius 1 is 1.20 bits per heavy atom. The Morgan fingerprint density at radius 2 is 1.76 bits per heavy atom. The van der Waals surface area contributed by atoms with Crippen molar-refractivity contribution in [2.75, 3.05) is 30.4 Å². The van der Waals surface area contributed by atoms with Crippen LogP contribution in [0.2, 0.25) is 0 Å². The van der Waals surface area contributed by atoms with Crippen molar-refractivity contribution in [1.82, 2.24) is 4.90 Å². The average Bonchev–Trinajstić information content (AvgIpc) is 2.87. The van der Waals surface area contributed by atoms with Gasteiger partial charge >= 0.3 is 0 Å². The quantitative estimate of drug-likeness (QED) is 0.840. The normalized spacial score (nSPS) is 19.8. The Bertz CT molecular complexity index is 700. The summed E-state index contributed by atoms with van der Waals surface area (Å²) in [6, 6.07) is 6.08. The van der Waals surface area contributed by atoms with E-state index in [1.807, 2.05) is 18.0 Å². The maximum Gasteiger partial charge on any atom is 0.238 e. The molecule has 5 nitrogen and oxygen atoms in total. The Kier molecular flexibility index (Phi) is 6.27. The smallest absolute Gasteiger partial charge is 0.238 e. The van der Waals surface area contributed by atoms with Gasteiger partial charge in [-0.3, -0.25) is 9.69 Å². The molecule has 1 fully saturated rings. The van der Waals surface area contributed by atoms with Crippen LogP contribution in [0.5, 0.6) is 0 Å². The summed E-state index contributed by atoms with van der Waals surface area (Å²) in [6.07, 6.45) is 0.603. The van der Waals surface area contributed by atoms with Crippen LogP contribution in [0.4, 0.5) is 5.69 Å². The predicted molar refractivity (Wildman–Crippen MR) is 103 cm³/mol. The summed E-state index contributed by atoms with van der Waals surface area (Å²) in [6.45, 7) is 8.66. The van der Waals surface area contributed by atoms with Crippen molar-refractivity contribution in [3.63, 3.8) is 0 Å². The topological polar surface area (TPSA) is 66.5 Å². The van der Waals surface area contributed by atoms with E-state index < -0.39 is 9.84 Å². The zero-order chi connectivity index (χ0) is 18.8. The summed E-state index contributed by atoms with van der Waals surface area (Å²) in [5.74, 6) is 0.897. The molecule has 2 rings (SSSR count). The van der Waals surface area contributed by atoms with Crippen LogP contribution in [0.15, 0.2) is 18.2 Å². The lowest BCUT2D eigenvalue weighted by Crippen LogP contribution is -2.38. The SMILES string of the molecule is CC(C)c1cccc(C(C)C)c1NC(=O)CN(C)[C@H]1CCS(=O)(=O)C1. The van der Waals surface area contributed by atoms with Crippen molar-refractivity contribution in [2.24, 2.45) is 0 Å². The van der Waals surface area contributed by atoms with Crippen LogP contribution in [0.1, 0.15) is 57.1 Å². The van der Waals surface area contributed by atoms with E-state index in [2.05, 4.69) is 45.1 Å². The van der Waals surface area contributed by atoms with Gasteiger partial charge in [0.25, 0.3) is 0 Å². The number of nitrogens with one attached hydrogen (secondary N) is 1. The molecule has 0 unspecified atom stereocenters. The number of carbonyl (C=O) groups excluding carboxylic acids is 1. The zero-order valence-electron chi connectivity index (χ0n) is 15.9. The molecule has 1 aliphatic heterocycles. The molecule has 1 amide bonds. The van der Waals surface area contributed by atoms with Crippen LogP contribution in [0.25, 0.3) is 0 Å². The number of carbonyl (C=O) groups is 1. The molecule has 0 aliphatic carbocycles. The molecule has 0 aromatic heterocycles. The highest BCUT2D eigenvalue weighted by Crippen LogP contribution is 2.32. The van der Waals surface area contributed by atoms with Crippen molar-refractivity contribution < 1.29 is 13.2 Å². The molecule has 1 aromatic rings. The van der Waals surface area contributed by atoms with Crippen molar-refractivity contribution in [1.29, 1.82) is 0 Å². The molecule has 1 saturated heterocycles. The first-order valence-corrected chi connectivity index (χ1v) is 10.8. The molecule has 0 saturated carbocycles. The zero-order valence-corrected chi connectivity index (χ0v) is 16.7. The fraction of sp³-hybridized carbons (Fsp3) is 0.632. The number of nitrogens with zero attached hydrogens (tertiary/aromatic N) is 1. The first-order chi connectivity index (χ1) is 11.6. The van der Waals surface area contributed by atoms with E-state index in [0.29, 0.717) is 18.3 Å². The van der Waals surface area contributed by atoms with Gasteiger partial charge in [0, 0.05) is 11.7 Å². The summed E-state index contributed by atoms with van der Waals surface area (Å²) >= 11 is 0. The van der Waals surface area contributed by atoms with Crippen LogP contribution in [-0.2, 0) is 14.6 Å². The summed E-state index contributed by atoms with van der Waals surface area (Å²) in [7, 11) is -1.12. The number of hydrogen-bond acceptors (Lipinski definition) is 4. The minimum Gasteiger partial charge on any atom is -0.324 e. The third-order valence-electron chi connectivity index (χ3n) is 4.86. The van der Waals surface area contributed by atoms with Gasteiger partial charge in [-0.05, 0) is 36.4 Å². The molecule has 1 heterocycles. The molecule has 1 aromatic carbocycles. The van der Waals surface area contributed by atoms with E-state index >= 15 is 0 Å². The average molecular weight is 367 g/mol. The third-order valence-corrected chi connectivity index (χ3v) is 6.61. The number of para-hydroxylation sites is 1. The molecule has 140 valence electrons. The van der Waals surface area contributed by atoms with Crippen molar-refractivity contribution >= 4 is 21.4 Å². The highest BCUT2D eigenvalue weighted by atomic mass is 32.2. The molecule has 1 N–H and O–H groups in total. The summed E-state index contributed by atoms with van der Waals surface area (Å²) in [4.78, 5) is 14.4. The van der Waals surface area contributed by atoms with E-state index in [9.17, 15) is 13.2 Å². The van der Waals surface area contributed by atoms with Crippen LogP contribution in [0, 0.1) is 0 Å². The predicted octanol–water partition coefficient (Wildman–Crippen LogP) is 2.99. The second kappa shape index (κ2) is 7.87. The number of rotatable bonds is 6. The Morgan fingerprint density at radius 3 is 2.20 bits per heavy atom. The van der Waals surface area contributed by atoms with Gasteiger partial charge in [-0.15, -0.1) is 0 Å². The second-order valence-corrected chi connectivity index (χ2v) is 9.87. The molecule has 0 bridgehead atoms. The highest BCUT2D eigenvalue weighted by Gasteiger charge is 2.31. The lowest BCUT2D eigenvalue weighted by molar-refractivity contribution is -0.117. The minimum atomic E-state index is -2.94. The second-order valence-electron chi connectivity index (χ2n) is 7.64. The first kappa shape index (κ1) is 19.9. The van der Waals surface area contributed by atoms with Crippen LogP contribution < -0.4 is 5.32 Å². The van der Waals surface area contributed by atoms with Gasteiger partial charge in [0.2, 0.25) is 5.91 Å². The number of hydrogen-bond donors (Lipinski definition) is 1. The van der Waals surface area contributed by atoms with Gasteiger partial charge in [0.1, 0.15) is 0 Å². The van der Waals surface area contributed by atoms with Crippen molar-refractivity contribution in [2.45, 2.75) is 52.0 Å². The standard InChI is InChI=1S/C19H30N2O3S/c1-13(2)16-7-6-8-17(14(3)4)19(16)20-18(22)11-21(5)15-9-10-25(23,24)12-15/h6-8,13-15H,9-12H2,1-5H3,(H,20,22)/t15-/m0/s1. The van der Waals surface area contributed by atoms with Crippen LogP contribution in [-0.4, -0.2) is 50.4 Å². The fourth-order valence-electron chi connectivity index (χ4n) is 3.35. The third kappa shape index (κ3) is 5.05. The van der Waals surface area contributed by atoms with E-state index in [1.165, 1.54) is 0 Å². The molecular weight excluding hydrogens is 336 g/mol. The Balaban J connectivity index is 2.12. The summed E-state index contributed by atoms with van der Waals surface area (Å²) in [5, 5.41) is 3.09. The van der Waals surface area contributed by atoms with Crippen molar-refractivity contribution in [3.8, 4) is 0 Å². The van der Waals surface area contributed by atoms with Gasteiger partial charge in [-0.1, -0.05) is 45.9 Å². The maximum atomic E-state index is 12.6. The molecule has 25 heavy (non-hydrogen) atoms. The van der Waals surface area contributed by atoms with Gasteiger partial charge in [-0.2, -0.15) is 0 Å². The Labute approximate surface area is 151 Å². The van der Waals surface area contributed by atoms with Gasteiger partial charge < -0.3 is 5.32 Å².